The van der Waals surface area contributed by atoms with E-state index in [-0.39, 0.29) is 29.3 Å². The van der Waals surface area contributed by atoms with Crippen LogP contribution in [0.15, 0.2) is 42.5 Å². The Morgan fingerprint density at radius 1 is 1.14 bits per heavy atom. The molecule has 1 saturated carbocycles. The van der Waals surface area contributed by atoms with Crippen molar-refractivity contribution in [3.8, 4) is 0 Å². The zero-order chi connectivity index (χ0) is 26.6. The Bertz CT molecular complexity index is 1110. The van der Waals surface area contributed by atoms with E-state index >= 15 is 0 Å². The number of esters is 1. The van der Waals surface area contributed by atoms with Crippen molar-refractivity contribution < 1.29 is 18.8 Å². The van der Waals surface area contributed by atoms with E-state index < -0.39 is 23.8 Å². The summed E-state index contributed by atoms with van der Waals surface area (Å²) in [5, 5.41) is 12.4. The summed E-state index contributed by atoms with van der Waals surface area (Å²) >= 11 is 12.4. The molecule has 2 aromatic rings. The van der Waals surface area contributed by atoms with Gasteiger partial charge in [0.2, 0.25) is 6.54 Å². The molecule has 0 amide bonds. The predicted molar refractivity (Wildman–Crippen MR) is 142 cm³/mol. The van der Waals surface area contributed by atoms with Crippen molar-refractivity contribution in [2.45, 2.75) is 63.3 Å². The molecular weight excluding hydrogens is 518 g/mol. The van der Waals surface area contributed by atoms with Gasteiger partial charge in [-0.1, -0.05) is 54.2 Å². The molecule has 6 nitrogen and oxygen atoms in total. The van der Waals surface area contributed by atoms with E-state index in [1.54, 1.807) is 25.1 Å². The maximum atomic E-state index is 13.6. The molecule has 4 rings (SSSR count). The quantitative estimate of drug-likeness (QED) is 0.204. The van der Waals surface area contributed by atoms with Gasteiger partial charge in [-0.15, -0.1) is 0 Å². The average Bonchev–Trinajstić information content (AvgIpc) is 2.89. The minimum Gasteiger partial charge on any atom is -0.466 e. The number of piperidine rings is 1. The topological polar surface area (TPSA) is 72.7 Å². The van der Waals surface area contributed by atoms with Gasteiger partial charge in [-0.3, -0.25) is 19.8 Å². The maximum Gasteiger partial charge on any atom is 0.313 e. The smallest absolute Gasteiger partial charge is 0.313 e. The number of rotatable bonds is 8. The van der Waals surface area contributed by atoms with Crippen LogP contribution in [0.3, 0.4) is 0 Å². The molecule has 2 aromatic carbocycles. The van der Waals surface area contributed by atoms with Gasteiger partial charge in [-0.05, 0) is 87.0 Å². The summed E-state index contributed by atoms with van der Waals surface area (Å²) in [6.45, 7) is 2.79. The van der Waals surface area contributed by atoms with Crippen molar-refractivity contribution in [2.24, 2.45) is 5.41 Å². The Labute approximate surface area is 227 Å². The normalized spacial score (nSPS) is 22.8. The average molecular weight is 551 g/mol. The highest BCUT2D eigenvalue weighted by atomic mass is 35.5. The van der Waals surface area contributed by atoms with Crippen LogP contribution < -0.4 is 0 Å². The Morgan fingerprint density at radius 3 is 2.43 bits per heavy atom. The summed E-state index contributed by atoms with van der Waals surface area (Å²) in [6.07, 6.45) is 5.19. The molecule has 200 valence electrons. The highest BCUT2D eigenvalue weighted by Gasteiger charge is 2.52. The SMILES string of the molecule is CCOC(=O)C1(C(C[N+](=O)[O-])c2ccc(Cl)c(Cl)c2)CCN([C@@H]2CCCC[C@@H]2c2ccc(F)cc2)CC1. The third-order valence-corrected chi connectivity index (χ3v) is 8.95. The van der Waals surface area contributed by atoms with E-state index in [1.165, 1.54) is 12.1 Å². The van der Waals surface area contributed by atoms with Crippen molar-refractivity contribution in [3.05, 3.63) is 79.6 Å². The summed E-state index contributed by atoms with van der Waals surface area (Å²) in [4.78, 5) is 27.4. The molecule has 37 heavy (non-hydrogen) atoms. The number of benzene rings is 2. The molecule has 0 aromatic heterocycles. The lowest BCUT2D eigenvalue weighted by Crippen LogP contribution is -2.53. The number of ether oxygens (including phenoxy) is 1. The van der Waals surface area contributed by atoms with Crippen LogP contribution in [-0.2, 0) is 9.53 Å². The van der Waals surface area contributed by atoms with E-state index in [4.69, 9.17) is 27.9 Å². The summed E-state index contributed by atoms with van der Waals surface area (Å²) in [5.74, 6) is -1.05. The van der Waals surface area contributed by atoms with Crippen LogP contribution in [0, 0.1) is 21.3 Å². The first kappa shape index (κ1) is 27.8. The van der Waals surface area contributed by atoms with Crippen LogP contribution in [-0.4, -0.2) is 48.1 Å². The van der Waals surface area contributed by atoms with E-state index in [9.17, 15) is 19.3 Å². The molecule has 1 heterocycles. The molecule has 9 heteroatoms. The van der Waals surface area contributed by atoms with Gasteiger partial charge in [0.05, 0.1) is 28.0 Å². The van der Waals surface area contributed by atoms with Crippen LogP contribution in [0.2, 0.25) is 10.0 Å². The van der Waals surface area contributed by atoms with E-state index in [1.807, 2.05) is 12.1 Å². The Kier molecular flexibility index (Phi) is 9.09. The summed E-state index contributed by atoms with van der Waals surface area (Å²) in [7, 11) is 0. The lowest BCUT2D eigenvalue weighted by molar-refractivity contribution is -0.486. The van der Waals surface area contributed by atoms with Crippen molar-refractivity contribution in [1.82, 2.24) is 4.90 Å². The molecule has 0 N–H and O–H groups in total. The largest absolute Gasteiger partial charge is 0.466 e. The lowest BCUT2D eigenvalue weighted by atomic mass is 9.65. The molecule has 0 spiro atoms. The van der Waals surface area contributed by atoms with Gasteiger partial charge in [-0.25, -0.2) is 4.39 Å². The molecule has 2 aliphatic rings. The second-order valence-electron chi connectivity index (χ2n) is 10.2. The number of hydrogen-bond acceptors (Lipinski definition) is 5. The third kappa shape index (κ3) is 6.10. The minimum atomic E-state index is -1.04. The molecule has 1 aliphatic carbocycles. The molecule has 1 saturated heterocycles. The second kappa shape index (κ2) is 12.1. The fraction of sp³-hybridized carbons (Fsp3) is 0.536. The van der Waals surface area contributed by atoms with Gasteiger partial charge in [0.1, 0.15) is 5.82 Å². The van der Waals surface area contributed by atoms with E-state index in [2.05, 4.69) is 4.90 Å². The second-order valence-corrected chi connectivity index (χ2v) is 11.0. The first-order chi connectivity index (χ1) is 17.7. The number of nitro groups is 1. The van der Waals surface area contributed by atoms with Crippen molar-refractivity contribution in [3.63, 3.8) is 0 Å². The zero-order valence-corrected chi connectivity index (χ0v) is 22.5. The fourth-order valence-corrected chi connectivity index (χ4v) is 6.66. The highest BCUT2D eigenvalue weighted by Crippen LogP contribution is 2.48. The molecule has 1 unspecified atom stereocenters. The maximum absolute atomic E-state index is 13.6. The van der Waals surface area contributed by atoms with Gasteiger partial charge in [0.15, 0.2) is 0 Å². The minimum absolute atomic E-state index is 0.201. The molecule has 0 bridgehead atoms. The van der Waals surface area contributed by atoms with Crippen LogP contribution in [0.1, 0.15) is 68.4 Å². The van der Waals surface area contributed by atoms with Gasteiger partial charge in [0, 0.05) is 11.0 Å². The van der Waals surface area contributed by atoms with Crippen molar-refractivity contribution in [2.75, 3.05) is 26.2 Å². The number of likely N-dealkylation sites (tertiary alicyclic amines) is 1. The van der Waals surface area contributed by atoms with Crippen LogP contribution in [0.5, 0.6) is 0 Å². The number of carbonyl (C=O) groups excluding carboxylic acids is 1. The summed E-state index contributed by atoms with van der Waals surface area (Å²) in [6, 6.07) is 12.0. The summed E-state index contributed by atoms with van der Waals surface area (Å²) < 4.78 is 19.1. The van der Waals surface area contributed by atoms with Gasteiger partial charge >= 0.3 is 5.97 Å². The number of hydrogen-bond donors (Lipinski definition) is 0. The monoisotopic (exact) mass is 550 g/mol. The molecular formula is C28H33Cl2FN2O4. The molecule has 2 fully saturated rings. The molecule has 0 radical (unpaired) electrons. The Morgan fingerprint density at radius 2 is 1.81 bits per heavy atom. The van der Waals surface area contributed by atoms with E-state index in [0.29, 0.717) is 41.5 Å². The molecule has 1 aliphatic heterocycles. The number of nitrogens with zero attached hydrogens (tertiary/aromatic N) is 2. The molecule has 3 atom stereocenters. The predicted octanol–water partition coefficient (Wildman–Crippen LogP) is 6.86. The van der Waals surface area contributed by atoms with Gasteiger partial charge < -0.3 is 4.74 Å². The van der Waals surface area contributed by atoms with Gasteiger partial charge in [-0.2, -0.15) is 0 Å². The standard InChI is InChI=1S/C28H33Cl2FN2O4/c1-2-37-27(34)28(23(18-33(35)36)20-9-12-24(29)25(30)17-20)13-15-32(16-14-28)26-6-4-3-5-22(26)19-7-10-21(31)11-8-19/h7-12,17,22-23,26H,2-6,13-16,18H2,1H3/t22-,23?,26-/m1/s1. The van der Waals surface area contributed by atoms with E-state index in [0.717, 1.165) is 31.2 Å². The number of carbonyl (C=O) groups is 1. The number of halogens is 3. The van der Waals surface area contributed by atoms with Crippen molar-refractivity contribution in [1.29, 1.82) is 0 Å². The zero-order valence-electron chi connectivity index (χ0n) is 21.0. The first-order valence-corrected chi connectivity index (χ1v) is 13.7. The summed E-state index contributed by atoms with van der Waals surface area (Å²) in [5.41, 5.74) is 0.710. The Hall–Kier alpha value is -2.22. The van der Waals surface area contributed by atoms with Crippen LogP contribution >= 0.6 is 23.2 Å². The first-order valence-electron chi connectivity index (χ1n) is 13.0. The van der Waals surface area contributed by atoms with Crippen molar-refractivity contribution >= 4 is 29.2 Å². The Balaban J connectivity index is 1.63. The van der Waals surface area contributed by atoms with Crippen LogP contribution in [0.25, 0.3) is 0 Å². The van der Waals surface area contributed by atoms with Crippen LogP contribution in [0.4, 0.5) is 4.39 Å². The highest BCUT2D eigenvalue weighted by molar-refractivity contribution is 6.42. The third-order valence-electron chi connectivity index (χ3n) is 8.21. The van der Waals surface area contributed by atoms with Gasteiger partial charge in [0.25, 0.3) is 0 Å². The lowest BCUT2D eigenvalue weighted by Gasteiger charge is -2.48. The fourth-order valence-electron chi connectivity index (χ4n) is 6.35.